The largest absolute Gasteiger partial charge is 0.478 e. The molecule has 3 aromatic rings. The van der Waals surface area contributed by atoms with Gasteiger partial charge in [0.25, 0.3) is 5.91 Å². The molecule has 2 heterocycles. The Kier molecular flexibility index (Phi) is 9.76. The summed E-state index contributed by atoms with van der Waals surface area (Å²) in [5, 5.41) is 15.4. The fraction of sp³-hybridized carbons (Fsp3) is 0.348. The molecule has 0 bridgehead atoms. The molecule has 2 aromatic heterocycles. The van der Waals surface area contributed by atoms with Crippen molar-refractivity contribution in [2.45, 2.75) is 46.0 Å². The number of aromatic nitrogens is 3. The molecular weight excluding hydrogens is 492 g/mol. The second-order valence-corrected chi connectivity index (χ2v) is 9.16. The van der Waals surface area contributed by atoms with Gasteiger partial charge in [0.05, 0.1) is 23.5 Å². The van der Waals surface area contributed by atoms with Crippen LogP contribution in [0.1, 0.15) is 53.2 Å². The molecular formula is C23H27ClN6O4S. The zero-order valence-electron chi connectivity index (χ0n) is 19.4. The molecule has 35 heavy (non-hydrogen) atoms. The van der Waals surface area contributed by atoms with E-state index in [1.165, 1.54) is 17.5 Å². The number of aryl methyl sites for hydroxylation is 2. The molecule has 10 nitrogen and oxygen atoms in total. The monoisotopic (exact) mass is 518 g/mol. The number of hydroxylamine groups is 1. The van der Waals surface area contributed by atoms with E-state index in [0.717, 1.165) is 24.8 Å². The lowest BCUT2D eigenvalue weighted by Crippen LogP contribution is -2.17. The van der Waals surface area contributed by atoms with E-state index in [2.05, 4.69) is 25.6 Å². The van der Waals surface area contributed by atoms with Crippen molar-refractivity contribution in [2.24, 2.45) is 0 Å². The molecule has 0 spiro atoms. The van der Waals surface area contributed by atoms with Crippen molar-refractivity contribution in [1.29, 1.82) is 0 Å². The summed E-state index contributed by atoms with van der Waals surface area (Å²) in [7, 11) is 0. The lowest BCUT2D eigenvalue weighted by molar-refractivity contribution is -0.129. The molecule has 3 rings (SSSR count). The highest BCUT2D eigenvalue weighted by Crippen LogP contribution is 2.28. The second-order valence-electron chi connectivity index (χ2n) is 7.73. The first-order valence-electron chi connectivity index (χ1n) is 11.1. The van der Waals surface area contributed by atoms with Gasteiger partial charge in [0.2, 0.25) is 11.8 Å². The Morgan fingerprint density at radius 3 is 2.71 bits per heavy atom. The number of amides is 2. The first-order chi connectivity index (χ1) is 16.9. The number of carbonyl (C=O) groups is 2. The molecule has 12 heteroatoms. The minimum Gasteiger partial charge on any atom is -0.478 e. The van der Waals surface area contributed by atoms with Crippen molar-refractivity contribution in [3.05, 3.63) is 51.7 Å². The van der Waals surface area contributed by atoms with Crippen LogP contribution in [0.25, 0.3) is 0 Å². The Morgan fingerprint density at radius 1 is 1.14 bits per heavy atom. The van der Waals surface area contributed by atoms with Crippen molar-refractivity contribution >= 4 is 51.4 Å². The number of para-hydroxylation sites is 1. The number of ether oxygens (including phenoxy) is 1. The summed E-state index contributed by atoms with van der Waals surface area (Å²) in [6.45, 7) is 4.11. The van der Waals surface area contributed by atoms with Gasteiger partial charge in [0.15, 0.2) is 5.13 Å². The van der Waals surface area contributed by atoms with E-state index in [1.54, 1.807) is 24.5 Å². The normalized spacial score (nSPS) is 10.6. The molecule has 0 saturated carbocycles. The van der Waals surface area contributed by atoms with Gasteiger partial charge in [-0.2, -0.15) is 4.98 Å². The summed E-state index contributed by atoms with van der Waals surface area (Å²) in [6, 6.07) is 7.09. The van der Waals surface area contributed by atoms with Crippen LogP contribution in [-0.2, 0) is 4.79 Å². The molecule has 0 aliphatic rings. The Labute approximate surface area is 212 Å². The van der Waals surface area contributed by atoms with Gasteiger partial charge >= 0.3 is 0 Å². The number of halogens is 1. The van der Waals surface area contributed by atoms with Crippen LogP contribution in [0.2, 0.25) is 5.02 Å². The number of hydrogen-bond acceptors (Lipinski definition) is 9. The van der Waals surface area contributed by atoms with Crippen LogP contribution in [0.4, 0.5) is 16.6 Å². The van der Waals surface area contributed by atoms with Gasteiger partial charge < -0.3 is 15.4 Å². The second kappa shape index (κ2) is 13.0. The van der Waals surface area contributed by atoms with Gasteiger partial charge in [-0.25, -0.2) is 15.4 Å². The van der Waals surface area contributed by atoms with Crippen LogP contribution in [0, 0.1) is 13.8 Å². The fourth-order valence-corrected chi connectivity index (χ4v) is 4.15. The Morgan fingerprint density at radius 2 is 1.94 bits per heavy atom. The van der Waals surface area contributed by atoms with E-state index < -0.39 is 0 Å². The van der Waals surface area contributed by atoms with Crippen molar-refractivity contribution in [3.8, 4) is 5.88 Å². The third kappa shape index (κ3) is 8.16. The van der Waals surface area contributed by atoms with Gasteiger partial charge in [-0.05, 0) is 38.3 Å². The van der Waals surface area contributed by atoms with Crippen molar-refractivity contribution in [3.63, 3.8) is 0 Å². The molecule has 0 unspecified atom stereocenters. The summed E-state index contributed by atoms with van der Waals surface area (Å²) in [5.41, 5.74) is 3.07. The average Bonchev–Trinajstić information content (AvgIpc) is 3.29. The number of anilines is 3. The Hall–Kier alpha value is -3.28. The minimum absolute atomic E-state index is 0.299. The summed E-state index contributed by atoms with van der Waals surface area (Å²) in [6.07, 6.45) is 5.07. The van der Waals surface area contributed by atoms with Gasteiger partial charge in [0.1, 0.15) is 16.5 Å². The highest BCUT2D eigenvalue weighted by molar-refractivity contribution is 7.17. The van der Waals surface area contributed by atoms with Crippen molar-refractivity contribution < 1.29 is 19.5 Å². The quantitative estimate of drug-likeness (QED) is 0.149. The maximum absolute atomic E-state index is 12.7. The minimum atomic E-state index is -0.374. The smallest absolute Gasteiger partial charge is 0.267 e. The van der Waals surface area contributed by atoms with Crippen LogP contribution in [-0.4, -0.2) is 38.6 Å². The number of unbranched alkanes of at least 4 members (excludes halogenated alkanes) is 3. The first kappa shape index (κ1) is 26.3. The summed E-state index contributed by atoms with van der Waals surface area (Å²) in [5.74, 6) is 0.797. The summed E-state index contributed by atoms with van der Waals surface area (Å²) in [4.78, 5) is 37.0. The highest BCUT2D eigenvalue weighted by atomic mass is 35.5. The maximum Gasteiger partial charge on any atom is 0.267 e. The number of benzene rings is 1. The van der Waals surface area contributed by atoms with Gasteiger partial charge in [-0.3, -0.25) is 14.8 Å². The molecule has 0 saturated heterocycles. The number of hydrogen-bond donors (Lipinski definition) is 4. The topological polar surface area (TPSA) is 138 Å². The van der Waals surface area contributed by atoms with Crippen LogP contribution in [0.3, 0.4) is 0 Å². The van der Waals surface area contributed by atoms with Crippen LogP contribution in [0.15, 0.2) is 30.5 Å². The zero-order valence-corrected chi connectivity index (χ0v) is 21.0. The average molecular weight is 519 g/mol. The fourth-order valence-electron chi connectivity index (χ4n) is 3.16. The molecule has 0 radical (unpaired) electrons. The maximum atomic E-state index is 12.7. The number of nitrogens with zero attached hydrogens (tertiary/aromatic N) is 3. The van der Waals surface area contributed by atoms with E-state index in [1.807, 2.05) is 19.1 Å². The van der Waals surface area contributed by atoms with Crippen molar-refractivity contribution in [2.75, 3.05) is 17.2 Å². The number of carbonyl (C=O) groups excluding carboxylic acids is 2. The highest BCUT2D eigenvalue weighted by Gasteiger charge is 2.14. The number of nitrogens with one attached hydrogen (secondary N) is 3. The summed E-state index contributed by atoms with van der Waals surface area (Å²) >= 11 is 7.39. The molecule has 0 atom stereocenters. The van der Waals surface area contributed by atoms with E-state index in [9.17, 15) is 9.59 Å². The summed E-state index contributed by atoms with van der Waals surface area (Å²) < 4.78 is 5.74. The van der Waals surface area contributed by atoms with Gasteiger partial charge in [-0.1, -0.05) is 47.9 Å². The SMILES string of the molecule is Cc1nc(Nc2ncc(C(=O)Nc3c(C)cccc3Cl)s2)cc(OCCCCCCC(=O)NO)n1. The van der Waals surface area contributed by atoms with Crippen LogP contribution in [0.5, 0.6) is 5.88 Å². The predicted molar refractivity (Wildman–Crippen MR) is 135 cm³/mol. The van der Waals surface area contributed by atoms with E-state index in [0.29, 0.717) is 57.7 Å². The molecule has 0 aliphatic heterocycles. The van der Waals surface area contributed by atoms with Gasteiger partial charge in [-0.15, -0.1) is 0 Å². The lowest BCUT2D eigenvalue weighted by atomic mass is 10.1. The third-order valence-electron chi connectivity index (χ3n) is 4.91. The molecule has 0 aliphatic carbocycles. The van der Waals surface area contributed by atoms with Crippen LogP contribution >= 0.6 is 22.9 Å². The Balaban J connectivity index is 1.51. The van der Waals surface area contributed by atoms with E-state index in [-0.39, 0.29) is 11.8 Å². The standard InChI is InChI=1S/C23H27ClN6O4S/c1-14-8-7-9-16(24)21(14)29-22(32)17-13-25-23(35-17)28-18-12-20(27-15(2)26-18)34-11-6-4-3-5-10-19(31)30-33/h7-9,12-13,33H,3-6,10-11H2,1-2H3,(H,29,32)(H,30,31)(H,25,26,27,28). The van der Waals surface area contributed by atoms with Crippen LogP contribution < -0.4 is 20.9 Å². The number of thiazole rings is 1. The van der Waals surface area contributed by atoms with Gasteiger partial charge in [0, 0.05) is 12.5 Å². The molecule has 186 valence electrons. The molecule has 4 N–H and O–H groups in total. The lowest BCUT2D eigenvalue weighted by Gasteiger charge is -2.09. The Bertz CT molecular complexity index is 1150. The first-order valence-corrected chi connectivity index (χ1v) is 12.3. The molecule has 1 aromatic carbocycles. The van der Waals surface area contributed by atoms with Crippen molar-refractivity contribution in [1.82, 2.24) is 20.4 Å². The zero-order chi connectivity index (χ0) is 25.2. The third-order valence-corrected chi connectivity index (χ3v) is 6.14. The van der Waals surface area contributed by atoms with E-state index >= 15 is 0 Å². The molecule has 0 fully saturated rings. The predicted octanol–water partition coefficient (Wildman–Crippen LogP) is 5.03. The molecule has 2 amide bonds. The number of rotatable bonds is 12. The van der Waals surface area contributed by atoms with E-state index in [4.69, 9.17) is 21.5 Å².